The quantitative estimate of drug-likeness (QED) is 0.672. The van der Waals surface area contributed by atoms with Crippen molar-refractivity contribution < 1.29 is 8.42 Å². The molecule has 0 saturated carbocycles. The molecule has 1 aromatic heterocycles. The third-order valence-corrected chi connectivity index (χ3v) is 3.73. The van der Waals surface area contributed by atoms with E-state index < -0.39 is 10.0 Å². The van der Waals surface area contributed by atoms with Crippen LogP contribution in [0, 0.1) is 0 Å². The molecule has 1 heterocycles. The highest BCUT2D eigenvalue weighted by Crippen LogP contribution is 2.00. The monoisotopic (exact) mass is 245 g/mol. The zero-order valence-electron chi connectivity index (χ0n) is 9.73. The number of nitrogens with zero attached hydrogens (tertiary/aromatic N) is 1. The maximum atomic E-state index is 11.1. The molecule has 0 aliphatic carbocycles. The lowest BCUT2D eigenvalue weighted by Gasteiger charge is -2.03. The molecular formula is C10H19N3O2S. The summed E-state index contributed by atoms with van der Waals surface area (Å²) in [7, 11) is -1.66. The van der Waals surface area contributed by atoms with Gasteiger partial charge in [-0.25, -0.2) is 13.1 Å². The molecule has 0 amide bonds. The molecule has 0 aliphatic heterocycles. The molecule has 2 N–H and O–H groups in total. The van der Waals surface area contributed by atoms with Crippen molar-refractivity contribution in [1.29, 1.82) is 0 Å². The number of nitrogens with one attached hydrogen (secondary N) is 2. The summed E-state index contributed by atoms with van der Waals surface area (Å²) in [6.07, 6.45) is 4.07. The fourth-order valence-corrected chi connectivity index (χ4v) is 1.95. The first kappa shape index (κ1) is 13.2. The molecule has 0 fully saturated rings. The van der Waals surface area contributed by atoms with Crippen LogP contribution in [-0.4, -0.2) is 32.3 Å². The number of rotatable bonds is 7. The molecule has 6 heteroatoms. The van der Waals surface area contributed by atoms with Crippen LogP contribution in [0.2, 0.25) is 0 Å². The average Bonchev–Trinajstić information content (AvgIpc) is 2.72. The summed E-state index contributed by atoms with van der Waals surface area (Å²) < 4.78 is 26.6. The van der Waals surface area contributed by atoms with Crippen molar-refractivity contribution in [3.63, 3.8) is 0 Å². The molecular weight excluding hydrogens is 226 g/mol. The van der Waals surface area contributed by atoms with Crippen LogP contribution in [0.4, 0.5) is 0 Å². The summed E-state index contributed by atoms with van der Waals surface area (Å²) in [5, 5.41) is 3.10. The number of hydrogen-bond donors (Lipinski definition) is 2. The summed E-state index contributed by atoms with van der Waals surface area (Å²) in [5.41, 5.74) is 1.17. The van der Waals surface area contributed by atoms with Gasteiger partial charge in [0.2, 0.25) is 10.0 Å². The van der Waals surface area contributed by atoms with Gasteiger partial charge >= 0.3 is 0 Å². The minimum absolute atomic E-state index is 0.109. The summed E-state index contributed by atoms with van der Waals surface area (Å²) in [6, 6.07) is 2.03. The minimum atomic E-state index is -3.09. The molecule has 16 heavy (non-hydrogen) atoms. The molecule has 0 unspecified atom stereocenters. The predicted molar refractivity (Wildman–Crippen MR) is 64.7 cm³/mol. The summed E-state index contributed by atoms with van der Waals surface area (Å²) in [5.74, 6) is 0.109. The van der Waals surface area contributed by atoms with Crippen molar-refractivity contribution in [3.8, 4) is 0 Å². The Morgan fingerprint density at radius 1 is 1.44 bits per heavy atom. The Hall–Kier alpha value is -0.850. The van der Waals surface area contributed by atoms with Crippen molar-refractivity contribution in [2.45, 2.75) is 20.0 Å². The van der Waals surface area contributed by atoms with E-state index in [0.717, 1.165) is 6.54 Å². The Morgan fingerprint density at radius 3 is 2.75 bits per heavy atom. The Bertz CT molecular complexity index is 411. The van der Waals surface area contributed by atoms with E-state index in [1.165, 1.54) is 12.6 Å². The molecule has 0 saturated heterocycles. The molecule has 92 valence electrons. The van der Waals surface area contributed by atoms with E-state index in [0.29, 0.717) is 13.1 Å². The van der Waals surface area contributed by atoms with E-state index in [4.69, 9.17) is 0 Å². The highest BCUT2D eigenvalue weighted by molar-refractivity contribution is 7.89. The van der Waals surface area contributed by atoms with Gasteiger partial charge in [-0.2, -0.15) is 0 Å². The van der Waals surface area contributed by atoms with Crippen LogP contribution in [0.25, 0.3) is 0 Å². The van der Waals surface area contributed by atoms with Crippen molar-refractivity contribution in [1.82, 2.24) is 14.6 Å². The van der Waals surface area contributed by atoms with Gasteiger partial charge in [0.05, 0.1) is 5.75 Å². The first-order valence-electron chi connectivity index (χ1n) is 5.34. The van der Waals surface area contributed by atoms with Crippen molar-refractivity contribution in [2.24, 2.45) is 0 Å². The summed E-state index contributed by atoms with van der Waals surface area (Å²) in [4.78, 5) is 0. The second-order valence-electron chi connectivity index (χ2n) is 3.55. The second kappa shape index (κ2) is 6.03. The maximum Gasteiger partial charge on any atom is 0.212 e. The zero-order chi connectivity index (χ0) is 12.0. The molecule has 0 bridgehead atoms. The lowest BCUT2D eigenvalue weighted by atomic mass is 10.3. The Kier molecular flexibility index (Phi) is 4.98. The molecule has 0 aromatic carbocycles. The molecule has 0 atom stereocenters. The number of hydrogen-bond acceptors (Lipinski definition) is 3. The maximum absolute atomic E-state index is 11.1. The number of aromatic nitrogens is 1. The normalized spacial score (nSPS) is 11.9. The van der Waals surface area contributed by atoms with E-state index >= 15 is 0 Å². The van der Waals surface area contributed by atoms with Crippen LogP contribution in [0.3, 0.4) is 0 Å². The molecule has 1 aromatic rings. The van der Waals surface area contributed by atoms with Crippen LogP contribution < -0.4 is 10.0 Å². The Labute approximate surface area is 96.9 Å². The first-order chi connectivity index (χ1) is 7.57. The van der Waals surface area contributed by atoms with Crippen LogP contribution >= 0.6 is 0 Å². The van der Waals surface area contributed by atoms with Gasteiger partial charge in [0.25, 0.3) is 0 Å². The Balaban J connectivity index is 2.26. The van der Waals surface area contributed by atoms with E-state index in [-0.39, 0.29) is 5.75 Å². The lowest BCUT2D eigenvalue weighted by Crippen LogP contribution is -2.29. The zero-order valence-corrected chi connectivity index (χ0v) is 10.5. The van der Waals surface area contributed by atoms with Gasteiger partial charge < -0.3 is 9.88 Å². The average molecular weight is 245 g/mol. The van der Waals surface area contributed by atoms with Crippen molar-refractivity contribution in [3.05, 3.63) is 24.0 Å². The van der Waals surface area contributed by atoms with Gasteiger partial charge in [0, 0.05) is 32.0 Å². The standard InChI is InChI=1S/C10H19N3O2S/c1-3-13-6-4-10(9-13)8-12-5-7-16(14,15)11-2/h4,6,9,11-12H,3,5,7-8H2,1-2H3. The Morgan fingerprint density at radius 2 is 2.19 bits per heavy atom. The number of sulfonamides is 1. The van der Waals surface area contributed by atoms with Crippen LogP contribution in [-0.2, 0) is 23.1 Å². The third kappa shape index (κ3) is 4.34. The first-order valence-corrected chi connectivity index (χ1v) is 6.99. The van der Waals surface area contributed by atoms with Crippen molar-refractivity contribution >= 4 is 10.0 Å². The fraction of sp³-hybridized carbons (Fsp3) is 0.600. The molecule has 0 spiro atoms. The van der Waals surface area contributed by atoms with Gasteiger partial charge in [-0.15, -0.1) is 0 Å². The summed E-state index contributed by atoms with van der Waals surface area (Å²) >= 11 is 0. The second-order valence-corrected chi connectivity index (χ2v) is 5.60. The smallest absolute Gasteiger partial charge is 0.212 e. The van der Waals surface area contributed by atoms with Gasteiger partial charge in [0.15, 0.2) is 0 Å². The molecule has 5 nitrogen and oxygen atoms in total. The van der Waals surface area contributed by atoms with E-state index in [9.17, 15) is 8.42 Å². The third-order valence-electron chi connectivity index (χ3n) is 2.36. The van der Waals surface area contributed by atoms with E-state index in [1.807, 2.05) is 12.3 Å². The summed E-state index contributed by atoms with van der Waals surface area (Å²) in [6.45, 7) is 4.19. The highest BCUT2D eigenvalue weighted by atomic mass is 32.2. The predicted octanol–water partition coefficient (Wildman–Crippen LogP) is 0.147. The van der Waals surface area contributed by atoms with Gasteiger partial charge in [-0.3, -0.25) is 0 Å². The van der Waals surface area contributed by atoms with Gasteiger partial charge in [0.1, 0.15) is 0 Å². The van der Waals surface area contributed by atoms with E-state index in [2.05, 4.69) is 27.7 Å². The fourth-order valence-electron chi connectivity index (χ4n) is 1.33. The number of aryl methyl sites for hydroxylation is 1. The highest BCUT2D eigenvalue weighted by Gasteiger charge is 2.05. The molecule has 0 radical (unpaired) electrons. The van der Waals surface area contributed by atoms with Gasteiger partial charge in [-0.1, -0.05) is 0 Å². The van der Waals surface area contributed by atoms with Crippen LogP contribution in [0.5, 0.6) is 0 Å². The SMILES string of the molecule is CCn1ccc(CNCCS(=O)(=O)NC)c1. The topological polar surface area (TPSA) is 63.1 Å². The molecule has 0 aliphatic rings. The van der Waals surface area contributed by atoms with Crippen molar-refractivity contribution in [2.75, 3.05) is 19.3 Å². The molecule has 1 rings (SSSR count). The minimum Gasteiger partial charge on any atom is -0.354 e. The van der Waals surface area contributed by atoms with E-state index in [1.54, 1.807) is 0 Å². The van der Waals surface area contributed by atoms with Crippen LogP contribution in [0.15, 0.2) is 18.5 Å². The van der Waals surface area contributed by atoms with Crippen LogP contribution in [0.1, 0.15) is 12.5 Å². The van der Waals surface area contributed by atoms with Gasteiger partial charge in [-0.05, 0) is 25.6 Å². The largest absolute Gasteiger partial charge is 0.354 e. The lowest BCUT2D eigenvalue weighted by molar-refractivity contribution is 0.583.